The summed E-state index contributed by atoms with van der Waals surface area (Å²) in [6, 6.07) is 4.01. The summed E-state index contributed by atoms with van der Waals surface area (Å²) in [5.74, 6) is 0. The zero-order valence-corrected chi connectivity index (χ0v) is 8.61. The van der Waals surface area contributed by atoms with Crippen molar-refractivity contribution in [3.8, 4) is 0 Å². The molecule has 0 atom stereocenters. The molecule has 1 rings (SSSR count). The molecule has 0 aromatic carbocycles. The number of rotatable bonds is 2. The van der Waals surface area contributed by atoms with Crippen LogP contribution in [-0.2, 0) is 6.54 Å². The van der Waals surface area contributed by atoms with Crippen LogP contribution < -0.4 is 10.6 Å². The maximum atomic E-state index is 4.94. The number of thiocarbonyl (C=S) groups is 1. The first-order valence-corrected chi connectivity index (χ1v) is 4.50. The lowest BCUT2D eigenvalue weighted by molar-refractivity contribution is 0.854. The maximum absolute atomic E-state index is 4.94. The van der Waals surface area contributed by atoms with Gasteiger partial charge in [0, 0.05) is 13.2 Å². The van der Waals surface area contributed by atoms with Crippen LogP contribution in [0.3, 0.4) is 0 Å². The number of aromatic nitrogens is 1. The van der Waals surface area contributed by atoms with E-state index in [0.717, 1.165) is 5.69 Å². The van der Waals surface area contributed by atoms with Gasteiger partial charge in [0.2, 0.25) is 0 Å². The van der Waals surface area contributed by atoms with E-state index in [9.17, 15) is 0 Å². The molecule has 0 aliphatic heterocycles. The minimum atomic E-state index is 0.642. The number of aryl methyl sites for hydroxylation is 1. The Kier molecular flexibility index (Phi) is 3.64. The zero-order valence-electron chi connectivity index (χ0n) is 7.79. The molecule has 0 aliphatic rings. The van der Waals surface area contributed by atoms with Gasteiger partial charge in [0.25, 0.3) is 0 Å². The second kappa shape index (κ2) is 4.77. The second-order valence-corrected chi connectivity index (χ2v) is 3.17. The Morgan fingerprint density at radius 2 is 2.38 bits per heavy atom. The Morgan fingerprint density at radius 1 is 1.62 bits per heavy atom. The Labute approximate surface area is 83.6 Å². The summed E-state index contributed by atoms with van der Waals surface area (Å²) >= 11 is 4.94. The number of nitrogens with one attached hydrogen (secondary N) is 2. The van der Waals surface area contributed by atoms with Crippen molar-refractivity contribution in [1.29, 1.82) is 0 Å². The highest BCUT2D eigenvalue weighted by atomic mass is 32.1. The second-order valence-electron chi connectivity index (χ2n) is 2.76. The van der Waals surface area contributed by atoms with E-state index in [1.807, 2.05) is 19.1 Å². The number of pyridine rings is 1. The van der Waals surface area contributed by atoms with Crippen molar-refractivity contribution in [3.05, 3.63) is 29.6 Å². The molecule has 1 heterocycles. The fourth-order valence-electron chi connectivity index (χ4n) is 0.955. The summed E-state index contributed by atoms with van der Waals surface area (Å²) in [6.45, 7) is 2.71. The van der Waals surface area contributed by atoms with Crippen molar-refractivity contribution in [3.63, 3.8) is 0 Å². The molecule has 0 saturated heterocycles. The lowest BCUT2D eigenvalue weighted by Gasteiger charge is -2.06. The van der Waals surface area contributed by atoms with Crippen LogP contribution in [0.1, 0.15) is 11.3 Å². The van der Waals surface area contributed by atoms with Crippen molar-refractivity contribution < 1.29 is 0 Å². The molecule has 13 heavy (non-hydrogen) atoms. The largest absolute Gasteiger partial charge is 0.366 e. The van der Waals surface area contributed by atoms with Gasteiger partial charge < -0.3 is 10.6 Å². The normalized spacial score (nSPS) is 9.38. The number of nitrogens with zero attached hydrogens (tertiary/aromatic N) is 1. The average molecular weight is 195 g/mol. The van der Waals surface area contributed by atoms with Crippen molar-refractivity contribution in [2.24, 2.45) is 0 Å². The van der Waals surface area contributed by atoms with Gasteiger partial charge in [0.15, 0.2) is 5.11 Å². The quantitative estimate of drug-likeness (QED) is 0.690. The molecule has 1 aromatic heterocycles. The molecule has 0 fully saturated rings. The summed E-state index contributed by atoms with van der Waals surface area (Å²) in [7, 11) is 1.79. The molecule has 0 bridgehead atoms. The molecule has 0 unspecified atom stereocenters. The maximum Gasteiger partial charge on any atom is 0.166 e. The SMILES string of the molecule is CNC(=S)NCc1cc(C)ccn1. The highest BCUT2D eigenvalue weighted by Crippen LogP contribution is 1.98. The van der Waals surface area contributed by atoms with E-state index >= 15 is 0 Å². The van der Waals surface area contributed by atoms with Crippen molar-refractivity contribution in [1.82, 2.24) is 15.6 Å². The number of hydrogen-bond donors (Lipinski definition) is 2. The molecule has 0 radical (unpaired) electrons. The van der Waals surface area contributed by atoms with Crippen molar-refractivity contribution in [2.45, 2.75) is 13.5 Å². The summed E-state index contributed by atoms with van der Waals surface area (Å²) < 4.78 is 0. The molecule has 0 amide bonds. The third-order valence-corrected chi connectivity index (χ3v) is 1.98. The first-order chi connectivity index (χ1) is 6.22. The van der Waals surface area contributed by atoms with E-state index in [1.54, 1.807) is 13.2 Å². The first kappa shape index (κ1) is 9.92. The molecule has 4 heteroatoms. The average Bonchev–Trinajstić information content (AvgIpc) is 2.14. The van der Waals surface area contributed by atoms with Crippen LogP contribution in [-0.4, -0.2) is 17.1 Å². The fourth-order valence-corrected chi connectivity index (χ4v) is 1.03. The molecule has 2 N–H and O–H groups in total. The van der Waals surface area contributed by atoms with E-state index in [2.05, 4.69) is 15.6 Å². The Hall–Kier alpha value is -1.16. The molecular weight excluding hydrogens is 182 g/mol. The van der Waals surface area contributed by atoms with Gasteiger partial charge in [-0.3, -0.25) is 4.98 Å². The minimum absolute atomic E-state index is 0.642. The third kappa shape index (κ3) is 3.38. The van der Waals surface area contributed by atoms with Crippen LogP contribution in [0.15, 0.2) is 18.3 Å². The molecule has 1 aromatic rings. The standard InChI is InChI=1S/C9H13N3S/c1-7-3-4-11-8(5-7)6-12-9(13)10-2/h3-5H,6H2,1-2H3,(H2,10,12,13). The lowest BCUT2D eigenvalue weighted by Crippen LogP contribution is -2.32. The third-order valence-electron chi connectivity index (χ3n) is 1.63. The molecule has 3 nitrogen and oxygen atoms in total. The summed E-state index contributed by atoms with van der Waals surface area (Å²) in [6.07, 6.45) is 1.80. The minimum Gasteiger partial charge on any atom is -0.366 e. The van der Waals surface area contributed by atoms with E-state index in [0.29, 0.717) is 11.7 Å². The molecule has 70 valence electrons. The van der Waals surface area contributed by atoms with Gasteiger partial charge in [-0.05, 0) is 36.8 Å². The summed E-state index contributed by atoms with van der Waals surface area (Å²) in [5, 5.41) is 6.52. The van der Waals surface area contributed by atoms with E-state index in [4.69, 9.17) is 12.2 Å². The smallest absolute Gasteiger partial charge is 0.166 e. The molecule has 0 spiro atoms. The molecule has 0 aliphatic carbocycles. The monoisotopic (exact) mass is 195 g/mol. The Balaban J connectivity index is 2.50. The van der Waals surface area contributed by atoms with Crippen LogP contribution in [0.5, 0.6) is 0 Å². The van der Waals surface area contributed by atoms with Crippen LogP contribution >= 0.6 is 12.2 Å². The van der Waals surface area contributed by atoms with Crippen LogP contribution in [0, 0.1) is 6.92 Å². The van der Waals surface area contributed by atoms with Gasteiger partial charge in [-0.15, -0.1) is 0 Å². The van der Waals surface area contributed by atoms with Gasteiger partial charge in [-0.25, -0.2) is 0 Å². The predicted octanol–water partition coefficient (Wildman–Crippen LogP) is 0.984. The van der Waals surface area contributed by atoms with Gasteiger partial charge in [-0.2, -0.15) is 0 Å². The first-order valence-electron chi connectivity index (χ1n) is 4.09. The van der Waals surface area contributed by atoms with Crippen LogP contribution in [0.2, 0.25) is 0 Å². The van der Waals surface area contributed by atoms with Gasteiger partial charge in [-0.1, -0.05) is 0 Å². The van der Waals surface area contributed by atoms with Gasteiger partial charge in [0.1, 0.15) is 0 Å². The lowest BCUT2D eigenvalue weighted by atomic mass is 10.2. The Morgan fingerprint density at radius 3 is 3.00 bits per heavy atom. The molecule has 0 saturated carbocycles. The van der Waals surface area contributed by atoms with Gasteiger partial charge >= 0.3 is 0 Å². The summed E-state index contributed by atoms with van der Waals surface area (Å²) in [5.41, 5.74) is 2.21. The van der Waals surface area contributed by atoms with Crippen LogP contribution in [0.4, 0.5) is 0 Å². The molecular formula is C9H13N3S. The Bertz CT molecular complexity index is 299. The predicted molar refractivity (Wildman–Crippen MR) is 57.5 cm³/mol. The highest BCUT2D eigenvalue weighted by Gasteiger charge is 1.95. The van der Waals surface area contributed by atoms with Crippen LogP contribution in [0.25, 0.3) is 0 Å². The summed E-state index contributed by atoms with van der Waals surface area (Å²) in [4.78, 5) is 4.20. The van der Waals surface area contributed by atoms with Gasteiger partial charge in [0.05, 0.1) is 12.2 Å². The fraction of sp³-hybridized carbons (Fsp3) is 0.333. The van der Waals surface area contributed by atoms with E-state index < -0.39 is 0 Å². The highest BCUT2D eigenvalue weighted by molar-refractivity contribution is 7.80. The van der Waals surface area contributed by atoms with E-state index in [1.165, 1.54) is 5.56 Å². The number of hydrogen-bond acceptors (Lipinski definition) is 2. The topological polar surface area (TPSA) is 37.0 Å². The van der Waals surface area contributed by atoms with Crippen molar-refractivity contribution in [2.75, 3.05) is 7.05 Å². The van der Waals surface area contributed by atoms with E-state index in [-0.39, 0.29) is 0 Å². The zero-order chi connectivity index (χ0) is 9.68. The van der Waals surface area contributed by atoms with Crippen molar-refractivity contribution >= 4 is 17.3 Å².